The van der Waals surface area contributed by atoms with E-state index in [1.54, 1.807) is 23.6 Å². The maximum absolute atomic E-state index is 12.9. The van der Waals surface area contributed by atoms with Crippen molar-refractivity contribution in [2.75, 3.05) is 6.54 Å². The summed E-state index contributed by atoms with van der Waals surface area (Å²) >= 11 is 1.26. The number of carbonyl (C=O) groups excluding carboxylic acids is 1. The number of nitrogens with one attached hydrogen (secondary N) is 1. The van der Waals surface area contributed by atoms with Gasteiger partial charge in [-0.3, -0.25) is 4.79 Å². The van der Waals surface area contributed by atoms with Crippen molar-refractivity contribution >= 4 is 27.3 Å². The number of rotatable bonds is 6. The van der Waals surface area contributed by atoms with E-state index in [1.165, 1.54) is 39.9 Å². The van der Waals surface area contributed by atoms with Crippen LogP contribution in [0.3, 0.4) is 0 Å². The van der Waals surface area contributed by atoms with Gasteiger partial charge < -0.3 is 5.32 Å². The number of hydrogen-bond donors (Lipinski definition) is 1. The van der Waals surface area contributed by atoms with Gasteiger partial charge >= 0.3 is 6.18 Å². The first-order valence-corrected chi connectivity index (χ1v) is 12.4. The zero-order chi connectivity index (χ0) is 23.6. The van der Waals surface area contributed by atoms with Crippen LogP contribution in [0.2, 0.25) is 0 Å². The molecule has 1 atom stereocenters. The molecule has 1 saturated heterocycles. The van der Waals surface area contributed by atoms with Crippen molar-refractivity contribution in [3.63, 3.8) is 0 Å². The lowest BCUT2D eigenvalue weighted by Crippen LogP contribution is -2.45. The molecule has 0 bridgehead atoms. The average Bonchev–Trinajstić information content (AvgIpc) is 3.48. The van der Waals surface area contributed by atoms with Crippen LogP contribution >= 0.6 is 11.3 Å². The van der Waals surface area contributed by atoms with Gasteiger partial charge in [-0.15, -0.1) is 11.3 Å². The molecule has 1 amide bonds. The summed E-state index contributed by atoms with van der Waals surface area (Å²) < 4.78 is 65.3. The highest BCUT2D eigenvalue weighted by Gasteiger charge is 2.39. The summed E-state index contributed by atoms with van der Waals surface area (Å²) in [5, 5.41) is 5.01. The summed E-state index contributed by atoms with van der Waals surface area (Å²) in [7, 11) is -3.78. The average molecular weight is 496 g/mol. The fraction of sp³-hybridized carbons (Fsp3) is 0.273. The Hall–Kier alpha value is -2.76. The number of halogens is 3. The monoisotopic (exact) mass is 495 g/mol. The Morgan fingerprint density at radius 2 is 1.82 bits per heavy atom. The van der Waals surface area contributed by atoms with Gasteiger partial charge in [-0.25, -0.2) is 13.4 Å². The molecule has 2 heterocycles. The van der Waals surface area contributed by atoms with E-state index in [0.717, 1.165) is 12.1 Å². The van der Waals surface area contributed by atoms with Crippen LogP contribution in [-0.2, 0) is 27.5 Å². The predicted octanol–water partition coefficient (Wildman–Crippen LogP) is 4.30. The second-order valence-electron chi connectivity index (χ2n) is 7.51. The zero-order valence-corrected chi connectivity index (χ0v) is 18.9. The quantitative estimate of drug-likeness (QED) is 0.553. The first kappa shape index (κ1) is 23.4. The lowest BCUT2D eigenvalue weighted by molar-refractivity contribution is -0.137. The number of amides is 1. The van der Waals surface area contributed by atoms with Crippen LogP contribution in [0.4, 0.5) is 13.2 Å². The van der Waals surface area contributed by atoms with Crippen LogP contribution in [0.1, 0.15) is 23.4 Å². The van der Waals surface area contributed by atoms with E-state index in [2.05, 4.69) is 10.3 Å². The minimum atomic E-state index is -4.40. The molecule has 0 unspecified atom stereocenters. The topological polar surface area (TPSA) is 79.4 Å². The summed E-state index contributed by atoms with van der Waals surface area (Å²) in [6, 6.07) is 11.9. The van der Waals surface area contributed by atoms with Crippen LogP contribution in [0.15, 0.2) is 64.9 Å². The van der Waals surface area contributed by atoms with Crippen LogP contribution in [0, 0.1) is 0 Å². The maximum atomic E-state index is 12.9. The van der Waals surface area contributed by atoms with Crippen LogP contribution < -0.4 is 5.32 Å². The molecule has 0 radical (unpaired) electrons. The van der Waals surface area contributed by atoms with Gasteiger partial charge in [0.05, 0.1) is 22.7 Å². The van der Waals surface area contributed by atoms with E-state index >= 15 is 0 Å². The smallest absolute Gasteiger partial charge is 0.348 e. The van der Waals surface area contributed by atoms with E-state index in [9.17, 15) is 26.4 Å². The molecule has 1 fully saturated rings. The second kappa shape index (κ2) is 9.24. The molecule has 0 aliphatic carbocycles. The molecule has 0 saturated carbocycles. The number of benzene rings is 2. The SMILES string of the molecule is O=C(NCc1nc(-c2ccc(C(F)(F)F)cc2)cs1)[C@@H]1CCCN1S(=O)(=O)c1ccccc1. The summed E-state index contributed by atoms with van der Waals surface area (Å²) in [6.45, 7) is 0.366. The van der Waals surface area contributed by atoms with E-state index in [0.29, 0.717) is 29.1 Å². The molecule has 6 nitrogen and oxygen atoms in total. The van der Waals surface area contributed by atoms with Crippen molar-refractivity contribution in [2.45, 2.75) is 36.5 Å². The highest BCUT2D eigenvalue weighted by molar-refractivity contribution is 7.89. The molecule has 0 spiro atoms. The Morgan fingerprint density at radius 1 is 1.12 bits per heavy atom. The fourth-order valence-electron chi connectivity index (χ4n) is 3.65. The van der Waals surface area contributed by atoms with Gasteiger partial charge in [0, 0.05) is 17.5 Å². The molecule has 33 heavy (non-hydrogen) atoms. The number of hydrogen-bond acceptors (Lipinski definition) is 5. The molecule has 174 valence electrons. The van der Waals surface area contributed by atoms with Gasteiger partial charge in [-0.2, -0.15) is 17.5 Å². The molecule has 4 rings (SSSR count). The minimum absolute atomic E-state index is 0.0971. The third-order valence-corrected chi connectivity index (χ3v) is 8.10. The molecule has 1 aromatic heterocycles. The molecular weight excluding hydrogens is 475 g/mol. The van der Waals surface area contributed by atoms with Gasteiger partial charge in [0.1, 0.15) is 11.0 Å². The lowest BCUT2D eigenvalue weighted by atomic mass is 10.1. The Bertz CT molecular complexity index is 1230. The number of carbonyl (C=O) groups is 1. The number of sulfonamides is 1. The molecule has 1 N–H and O–H groups in total. The fourth-order valence-corrected chi connectivity index (χ4v) is 6.07. The third kappa shape index (κ3) is 5.10. The molecule has 1 aliphatic rings. The Labute approximate surface area is 193 Å². The summed E-state index contributed by atoms with van der Waals surface area (Å²) in [5.41, 5.74) is 0.306. The summed E-state index contributed by atoms with van der Waals surface area (Å²) in [4.78, 5) is 17.3. The minimum Gasteiger partial charge on any atom is -0.348 e. The normalized spacial score (nSPS) is 17.2. The lowest BCUT2D eigenvalue weighted by Gasteiger charge is -2.23. The highest BCUT2D eigenvalue weighted by atomic mass is 32.2. The van der Waals surface area contributed by atoms with Crippen molar-refractivity contribution in [2.24, 2.45) is 0 Å². The first-order valence-electron chi connectivity index (χ1n) is 10.1. The largest absolute Gasteiger partial charge is 0.416 e. The van der Waals surface area contributed by atoms with Crippen molar-refractivity contribution < 1.29 is 26.4 Å². The summed E-state index contributed by atoms with van der Waals surface area (Å²) in [6.07, 6.45) is -3.40. The Kier molecular flexibility index (Phi) is 6.55. The van der Waals surface area contributed by atoms with Gasteiger partial charge in [0.25, 0.3) is 0 Å². The van der Waals surface area contributed by atoms with E-state index in [-0.39, 0.29) is 18.0 Å². The van der Waals surface area contributed by atoms with Crippen LogP contribution in [0.5, 0.6) is 0 Å². The molecule has 11 heteroatoms. The van der Waals surface area contributed by atoms with Crippen molar-refractivity contribution in [3.05, 3.63) is 70.5 Å². The number of alkyl halides is 3. The molecule has 1 aliphatic heterocycles. The Balaban J connectivity index is 1.41. The van der Waals surface area contributed by atoms with E-state index in [4.69, 9.17) is 0 Å². The van der Waals surface area contributed by atoms with Crippen molar-refractivity contribution in [1.29, 1.82) is 0 Å². The van der Waals surface area contributed by atoms with Crippen molar-refractivity contribution in [1.82, 2.24) is 14.6 Å². The van der Waals surface area contributed by atoms with Crippen LogP contribution in [0.25, 0.3) is 11.3 Å². The Morgan fingerprint density at radius 3 is 2.48 bits per heavy atom. The van der Waals surface area contributed by atoms with Gasteiger partial charge in [-0.1, -0.05) is 30.3 Å². The standard InChI is InChI=1S/C22H20F3N3O3S2/c23-22(24,25)16-10-8-15(9-11-16)18-14-32-20(27-18)13-26-21(29)19-7-4-12-28(19)33(30,31)17-5-2-1-3-6-17/h1-3,5-6,8-11,14,19H,4,7,12-13H2,(H,26,29)/t19-/m0/s1. The second-order valence-corrected chi connectivity index (χ2v) is 10.3. The molecule has 2 aromatic carbocycles. The number of thiazole rings is 1. The van der Waals surface area contributed by atoms with Crippen molar-refractivity contribution in [3.8, 4) is 11.3 Å². The van der Waals surface area contributed by atoms with Gasteiger partial charge in [0.15, 0.2) is 0 Å². The zero-order valence-electron chi connectivity index (χ0n) is 17.2. The maximum Gasteiger partial charge on any atom is 0.416 e. The summed E-state index contributed by atoms with van der Waals surface area (Å²) in [5.74, 6) is -0.404. The third-order valence-electron chi connectivity index (χ3n) is 5.33. The number of aromatic nitrogens is 1. The predicted molar refractivity (Wildman–Crippen MR) is 118 cm³/mol. The molecule has 3 aromatic rings. The number of nitrogens with zero attached hydrogens (tertiary/aromatic N) is 2. The van der Waals surface area contributed by atoms with E-state index in [1.807, 2.05) is 0 Å². The van der Waals surface area contributed by atoms with Crippen LogP contribution in [-0.4, -0.2) is 36.2 Å². The van der Waals surface area contributed by atoms with Gasteiger partial charge in [-0.05, 0) is 37.1 Å². The molecular formula is C22H20F3N3O3S2. The van der Waals surface area contributed by atoms with Gasteiger partial charge in [0.2, 0.25) is 15.9 Å². The first-order chi connectivity index (χ1) is 15.7. The van der Waals surface area contributed by atoms with E-state index < -0.39 is 33.7 Å². The highest BCUT2D eigenvalue weighted by Crippen LogP contribution is 2.31.